The summed E-state index contributed by atoms with van der Waals surface area (Å²) in [5, 5.41) is 15.4. The number of hydrogen-bond donors (Lipinski definition) is 2. The average molecular weight is 218 g/mol. The predicted octanol–water partition coefficient (Wildman–Crippen LogP) is 1.13. The van der Waals surface area contributed by atoms with Crippen LogP contribution in [-0.4, -0.2) is 29.3 Å². The Hall–Kier alpha value is -1.16. The fraction of sp³-hybridized carbons (Fsp3) is 0.667. The Labute approximate surface area is 95.8 Å². The Morgan fingerprint density at radius 3 is 3.12 bits per heavy atom. The lowest BCUT2D eigenvalue weighted by molar-refractivity contribution is 0.478. The third-order valence-electron chi connectivity index (χ3n) is 3.47. The van der Waals surface area contributed by atoms with Crippen molar-refractivity contribution < 1.29 is 0 Å². The van der Waals surface area contributed by atoms with Crippen molar-refractivity contribution >= 4 is 5.82 Å². The minimum atomic E-state index is 0.516. The molecule has 1 aromatic heterocycles. The molecule has 2 N–H and O–H groups in total. The molecule has 86 valence electrons. The zero-order valence-corrected chi connectivity index (χ0v) is 9.50. The van der Waals surface area contributed by atoms with E-state index in [2.05, 4.69) is 26.9 Å². The lowest BCUT2D eigenvalue weighted by Gasteiger charge is -2.24. The highest BCUT2D eigenvalue weighted by Crippen LogP contribution is 2.21. The largest absolute Gasteiger partial charge is 0.365 e. The van der Waals surface area contributed by atoms with Crippen LogP contribution in [0.4, 0.5) is 5.82 Å². The second kappa shape index (κ2) is 4.37. The molecule has 0 amide bonds. The predicted molar refractivity (Wildman–Crippen MR) is 63.6 cm³/mol. The zero-order chi connectivity index (χ0) is 10.8. The summed E-state index contributed by atoms with van der Waals surface area (Å²) < 4.78 is 0. The van der Waals surface area contributed by atoms with Gasteiger partial charge in [0.2, 0.25) is 0 Å². The van der Waals surface area contributed by atoms with Crippen LogP contribution in [0, 0.1) is 0 Å². The number of rotatable bonds is 2. The van der Waals surface area contributed by atoms with Gasteiger partial charge in [0.15, 0.2) is 0 Å². The quantitative estimate of drug-likeness (QED) is 0.781. The highest BCUT2D eigenvalue weighted by molar-refractivity contribution is 5.40. The van der Waals surface area contributed by atoms with E-state index in [4.69, 9.17) is 0 Å². The molecular formula is C12H18N4. The van der Waals surface area contributed by atoms with Gasteiger partial charge < -0.3 is 10.6 Å². The normalized spacial score (nSPS) is 24.1. The van der Waals surface area contributed by atoms with Gasteiger partial charge in [0, 0.05) is 12.6 Å². The first kappa shape index (κ1) is 10.0. The maximum absolute atomic E-state index is 4.29. The van der Waals surface area contributed by atoms with Crippen molar-refractivity contribution in [1.82, 2.24) is 15.5 Å². The molecule has 2 aliphatic rings. The molecule has 4 nitrogen and oxygen atoms in total. The number of fused-ring (bicyclic) bond motifs is 1. The van der Waals surface area contributed by atoms with E-state index >= 15 is 0 Å². The number of aromatic nitrogens is 2. The van der Waals surface area contributed by atoms with Crippen molar-refractivity contribution in [2.75, 3.05) is 18.4 Å². The molecule has 0 aromatic carbocycles. The standard InChI is InChI=1S/C12H18N4/c1-3-9-7-12(16-15-11(9)5-1)14-10-4-2-6-13-8-10/h7,10,13H,1-6,8H2,(H,14,16). The molecule has 2 heterocycles. The third-order valence-corrected chi connectivity index (χ3v) is 3.47. The topological polar surface area (TPSA) is 49.8 Å². The Bertz CT molecular complexity index is 371. The number of piperidine rings is 1. The van der Waals surface area contributed by atoms with Crippen LogP contribution in [0.5, 0.6) is 0 Å². The second-order valence-corrected chi connectivity index (χ2v) is 4.74. The minimum Gasteiger partial charge on any atom is -0.365 e. The summed E-state index contributed by atoms with van der Waals surface area (Å²) in [7, 11) is 0. The monoisotopic (exact) mass is 218 g/mol. The highest BCUT2D eigenvalue weighted by atomic mass is 15.2. The molecule has 0 bridgehead atoms. The van der Waals surface area contributed by atoms with Crippen LogP contribution in [0.3, 0.4) is 0 Å². The van der Waals surface area contributed by atoms with Crippen molar-refractivity contribution in [3.05, 3.63) is 17.3 Å². The molecule has 0 saturated carbocycles. The van der Waals surface area contributed by atoms with E-state index in [1.165, 1.54) is 36.9 Å². The maximum atomic E-state index is 4.29. The van der Waals surface area contributed by atoms with E-state index in [1.807, 2.05) is 0 Å². The van der Waals surface area contributed by atoms with Crippen LogP contribution in [0.2, 0.25) is 0 Å². The van der Waals surface area contributed by atoms with Crippen molar-refractivity contribution in [3.63, 3.8) is 0 Å². The number of nitrogens with zero attached hydrogens (tertiary/aromatic N) is 2. The fourth-order valence-corrected chi connectivity index (χ4v) is 2.58. The first-order valence-corrected chi connectivity index (χ1v) is 6.24. The lowest BCUT2D eigenvalue weighted by atomic mass is 10.1. The van der Waals surface area contributed by atoms with Crippen LogP contribution in [0.25, 0.3) is 0 Å². The molecule has 1 aliphatic heterocycles. The van der Waals surface area contributed by atoms with E-state index in [0.717, 1.165) is 25.3 Å². The van der Waals surface area contributed by atoms with Gasteiger partial charge in [-0.15, -0.1) is 5.10 Å². The maximum Gasteiger partial charge on any atom is 0.149 e. The van der Waals surface area contributed by atoms with Crippen LogP contribution < -0.4 is 10.6 Å². The first-order chi connectivity index (χ1) is 7.92. The first-order valence-electron chi connectivity index (χ1n) is 6.24. The van der Waals surface area contributed by atoms with E-state index in [-0.39, 0.29) is 0 Å². The summed E-state index contributed by atoms with van der Waals surface area (Å²) >= 11 is 0. The second-order valence-electron chi connectivity index (χ2n) is 4.74. The van der Waals surface area contributed by atoms with Gasteiger partial charge in [0.05, 0.1) is 5.69 Å². The van der Waals surface area contributed by atoms with Crippen molar-refractivity contribution in [3.8, 4) is 0 Å². The van der Waals surface area contributed by atoms with Crippen LogP contribution in [0.1, 0.15) is 30.5 Å². The number of hydrogen-bond acceptors (Lipinski definition) is 4. The van der Waals surface area contributed by atoms with Gasteiger partial charge in [0.25, 0.3) is 0 Å². The smallest absolute Gasteiger partial charge is 0.149 e. The Morgan fingerprint density at radius 1 is 1.25 bits per heavy atom. The minimum absolute atomic E-state index is 0.516. The number of nitrogens with one attached hydrogen (secondary N) is 2. The van der Waals surface area contributed by atoms with E-state index in [1.54, 1.807) is 0 Å². The highest BCUT2D eigenvalue weighted by Gasteiger charge is 2.16. The molecule has 1 atom stereocenters. The molecule has 1 aromatic rings. The molecule has 3 rings (SSSR count). The molecule has 1 saturated heterocycles. The van der Waals surface area contributed by atoms with Crippen molar-refractivity contribution in [2.45, 2.75) is 38.1 Å². The lowest BCUT2D eigenvalue weighted by Crippen LogP contribution is -2.38. The van der Waals surface area contributed by atoms with Gasteiger partial charge in [-0.25, -0.2) is 0 Å². The van der Waals surface area contributed by atoms with Gasteiger partial charge in [-0.05, 0) is 50.3 Å². The fourth-order valence-electron chi connectivity index (χ4n) is 2.58. The van der Waals surface area contributed by atoms with Gasteiger partial charge in [-0.1, -0.05) is 0 Å². The van der Waals surface area contributed by atoms with Gasteiger partial charge >= 0.3 is 0 Å². The van der Waals surface area contributed by atoms with E-state index < -0.39 is 0 Å². The average Bonchev–Trinajstić information content (AvgIpc) is 2.77. The van der Waals surface area contributed by atoms with E-state index in [0.29, 0.717) is 6.04 Å². The molecule has 0 spiro atoms. The molecule has 16 heavy (non-hydrogen) atoms. The molecule has 1 aliphatic carbocycles. The van der Waals surface area contributed by atoms with Gasteiger partial charge in [-0.2, -0.15) is 5.10 Å². The van der Waals surface area contributed by atoms with Crippen molar-refractivity contribution in [1.29, 1.82) is 0 Å². The third kappa shape index (κ3) is 2.02. The number of aryl methyl sites for hydroxylation is 2. The molecule has 4 heteroatoms. The molecule has 1 fully saturated rings. The van der Waals surface area contributed by atoms with E-state index in [9.17, 15) is 0 Å². The van der Waals surface area contributed by atoms with Crippen LogP contribution in [-0.2, 0) is 12.8 Å². The molecule has 0 radical (unpaired) electrons. The summed E-state index contributed by atoms with van der Waals surface area (Å²) in [6.07, 6.45) is 5.98. The van der Waals surface area contributed by atoms with Crippen LogP contribution in [0.15, 0.2) is 6.07 Å². The number of anilines is 1. The molecule has 1 unspecified atom stereocenters. The van der Waals surface area contributed by atoms with Crippen molar-refractivity contribution in [2.24, 2.45) is 0 Å². The zero-order valence-electron chi connectivity index (χ0n) is 9.50. The van der Waals surface area contributed by atoms with Crippen LogP contribution >= 0.6 is 0 Å². The summed E-state index contributed by atoms with van der Waals surface area (Å²) in [5.41, 5.74) is 2.59. The Kier molecular flexibility index (Phi) is 2.74. The Balaban J connectivity index is 1.69. The summed E-state index contributed by atoms with van der Waals surface area (Å²) in [4.78, 5) is 0. The summed E-state index contributed by atoms with van der Waals surface area (Å²) in [6.45, 7) is 2.19. The SMILES string of the molecule is c1c(NC2CCCNC2)nnc2c1CCC2. The molecular weight excluding hydrogens is 200 g/mol. The van der Waals surface area contributed by atoms with Gasteiger partial charge in [-0.3, -0.25) is 0 Å². The summed E-state index contributed by atoms with van der Waals surface area (Å²) in [6, 6.07) is 2.70. The Morgan fingerprint density at radius 2 is 2.25 bits per heavy atom. The summed E-state index contributed by atoms with van der Waals surface area (Å²) in [5.74, 6) is 0.953. The van der Waals surface area contributed by atoms with Gasteiger partial charge in [0.1, 0.15) is 5.82 Å².